The quantitative estimate of drug-likeness (QED) is 0.787. The zero-order chi connectivity index (χ0) is 16.1. The van der Waals surface area contributed by atoms with Crippen molar-refractivity contribution < 1.29 is 9.59 Å². The highest BCUT2D eigenvalue weighted by molar-refractivity contribution is 5.96. The molecule has 0 saturated carbocycles. The van der Waals surface area contributed by atoms with Crippen molar-refractivity contribution in [3.63, 3.8) is 0 Å². The molecule has 3 nitrogen and oxygen atoms in total. The summed E-state index contributed by atoms with van der Waals surface area (Å²) >= 11 is 0. The fraction of sp³-hybridized carbons (Fsp3) is 0.300. The van der Waals surface area contributed by atoms with Gasteiger partial charge in [-0.3, -0.25) is 9.59 Å². The highest BCUT2D eigenvalue weighted by Gasteiger charge is 2.29. The Balaban J connectivity index is 1.73. The smallest absolute Gasteiger partial charge is 0.223 e. The van der Waals surface area contributed by atoms with Crippen molar-refractivity contribution in [1.82, 2.24) is 4.90 Å². The van der Waals surface area contributed by atoms with Crippen LogP contribution >= 0.6 is 0 Å². The van der Waals surface area contributed by atoms with Gasteiger partial charge in [-0.05, 0) is 18.4 Å². The van der Waals surface area contributed by atoms with Crippen molar-refractivity contribution in [3.8, 4) is 0 Å². The van der Waals surface area contributed by atoms with Crippen LogP contribution in [0.4, 0.5) is 0 Å². The maximum Gasteiger partial charge on any atom is 0.223 e. The summed E-state index contributed by atoms with van der Waals surface area (Å²) in [5, 5.41) is 0. The number of ketones is 1. The summed E-state index contributed by atoms with van der Waals surface area (Å²) in [5.74, 6) is 0.273. The largest absolute Gasteiger partial charge is 0.335 e. The van der Waals surface area contributed by atoms with Crippen LogP contribution in [-0.2, 0) is 11.3 Å². The summed E-state index contributed by atoms with van der Waals surface area (Å²) in [5.41, 5.74) is 1.84. The SMILES string of the molecule is O=C(CC1CCCC(=O)N1Cc1ccccc1)c1ccccc1. The molecule has 0 aliphatic carbocycles. The highest BCUT2D eigenvalue weighted by atomic mass is 16.2. The second kappa shape index (κ2) is 7.23. The van der Waals surface area contributed by atoms with Crippen LogP contribution in [0.3, 0.4) is 0 Å². The Morgan fingerprint density at radius 2 is 1.65 bits per heavy atom. The summed E-state index contributed by atoms with van der Waals surface area (Å²) in [6, 6.07) is 19.3. The average Bonchev–Trinajstić information content (AvgIpc) is 2.59. The van der Waals surface area contributed by atoms with E-state index in [9.17, 15) is 9.59 Å². The molecule has 1 atom stereocenters. The molecule has 1 aliphatic rings. The van der Waals surface area contributed by atoms with Crippen molar-refractivity contribution in [2.75, 3.05) is 0 Å². The number of hydrogen-bond donors (Lipinski definition) is 0. The van der Waals surface area contributed by atoms with Gasteiger partial charge < -0.3 is 4.90 Å². The van der Waals surface area contributed by atoms with Crippen LogP contribution in [0.1, 0.15) is 41.6 Å². The first-order chi connectivity index (χ1) is 11.2. The van der Waals surface area contributed by atoms with E-state index >= 15 is 0 Å². The molecule has 1 aliphatic heterocycles. The number of nitrogens with zero attached hydrogens (tertiary/aromatic N) is 1. The van der Waals surface area contributed by atoms with Gasteiger partial charge in [-0.25, -0.2) is 0 Å². The first kappa shape index (κ1) is 15.5. The van der Waals surface area contributed by atoms with Crippen molar-refractivity contribution in [3.05, 3.63) is 71.8 Å². The molecule has 23 heavy (non-hydrogen) atoms. The van der Waals surface area contributed by atoms with Gasteiger partial charge in [-0.15, -0.1) is 0 Å². The van der Waals surface area contributed by atoms with Crippen LogP contribution in [0.2, 0.25) is 0 Å². The third kappa shape index (κ3) is 3.86. The lowest BCUT2D eigenvalue weighted by atomic mass is 9.94. The third-order valence-electron chi connectivity index (χ3n) is 4.40. The molecule has 1 saturated heterocycles. The number of carbonyl (C=O) groups excluding carboxylic acids is 2. The van der Waals surface area contributed by atoms with Crippen LogP contribution < -0.4 is 0 Å². The average molecular weight is 307 g/mol. The Morgan fingerprint density at radius 1 is 1.00 bits per heavy atom. The second-order valence-electron chi connectivity index (χ2n) is 6.05. The van der Waals surface area contributed by atoms with Crippen LogP contribution in [0.25, 0.3) is 0 Å². The van der Waals surface area contributed by atoms with Crippen LogP contribution in [0.15, 0.2) is 60.7 Å². The Bertz CT molecular complexity index is 667. The lowest BCUT2D eigenvalue weighted by Crippen LogP contribution is -2.44. The zero-order valence-corrected chi connectivity index (χ0v) is 13.2. The molecule has 1 amide bonds. The summed E-state index contributed by atoms with van der Waals surface area (Å²) in [6.07, 6.45) is 2.76. The first-order valence-corrected chi connectivity index (χ1v) is 8.15. The standard InChI is InChI=1S/C20H21NO2/c22-19(17-10-5-2-6-11-17)14-18-12-7-13-20(23)21(18)15-16-8-3-1-4-9-16/h1-6,8-11,18H,7,12-15H2. The molecule has 0 spiro atoms. The maximum absolute atomic E-state index is 12.5. The predicted molar refractivity (Wildman–Crippen MR) is 90.0 cm³/mol. The molecule has 0 aromatic heterocycles. The van der Waals surface area contributed by atoms with Gasteiger partial charge in [-0.2, -0.15) is 0 Å². The van der Waals surface area contributed by atoms with E-state index < -0.39 is 0 Å². The molecule has 1 heterocycles. The Kier molecular flexibility index (Phi) is 4.86. The number of carbonyl (C=O) groups is 2. The fourth-order valence-corrected chi connectivity index (χ4v) is 3.16. The van der Waals surface area contributed by atoms with Gasteiger partial charge in [0.05, 0.1) is 0 Å². The van der Waals surface area contributed by atoms with Gasteiger partial charge in [-0.1, -0.05) is 60.7 Å². The number of piperidine rings is 1. The Labute approximate surface area is 136 Å². The first-order valence-electron chi connectivity index (χ1n) is 8.15. The van der Waals surface area contributed by atoms with Crippen LogP contribution in [-0.4, -0.2) is 22.6 Å². The van der Waals surface area contributed by atoms with Crippen LogP contribution in [0.5, 0.6) is 0 Å². The van der Waals surface area contributed by atoms with Crippen LogP contribution in [0, 0.1) is 0 Å². The molecule has 0 N–H and O–H groups in total. The number of benzene rings is 2. The van der Waals surface area contributed by atoms with Gasteiger partial charge in [0.2, 0.25) is 5.91 Å². The molecule has 0 bridgehead atoms. The lowest BCUT2D eigenvalue weighted by molar-refractivity contribution is -0.137. The number of likely N-dealkylation sites (tertiary alicyclic amines) is 1. The van der Waals surface area contributed by atoms with Gasteiger partial charge >= 0.3 is 0 Å². The predicted octanol–water partition coefficient (Wildman–Crippen LogP) is 3.84. The zero-order valence-electron chi connectivity index (χ0n) is 13.2. The van der Waals surface area contributed by atoms with E-state index in [1.165, 1.54) is 0 Å². The lowest BCUT2D eigenvalue weighted by Gasteiger charge is -2.35. The molecule has 3 rings (SSSR count). The van der Waals surface area contributed by atoms with E-state index in [2.05, 4.69) is 0 Å². The maximum atomic E-state index is 12.5. The topological polar surface area (TPSA) is 37.4 Å². The van der Waals surface area contributed by atoms with Gasteiger partial charge in [0.15, 0.2) is 5.78 Å². The van der Waals surface area contributed by atoms with E-state index in [0.29, 0.717) is 19.4 Å². The summed E-state index contributed by atoms with van der Waals surface area (Å²) in [4.78, 5) is 26.7. The molecular weight excluding hydrogens is 286 g/mol. The summed E-state index contributed by atoms with van der Waals surface area (Å²) < 4.78 is 0. The van der Waals surface area contributed by atoms with Crippen molar-refractivity contribution in [1.29, 1.82) is 0 Å². The molecule has 2 aromatic rings. The monoisotopic (exact) mass is 307 g/mol. The second-order valence-corrected chi connectivity index (χ2v) is 6.05. The van der Waals surface area contributed by atoms with E-state index in [4.69, 9.17) is 0 Å². The highest BCUT2D eigenvalue weighted by Crippen LogP contribution is 2.24. The van der Waals surface area contributed by atoms with Gasteiger partial charge in [0.1, 0.15) is 0 Å². The number of rotatable bonds is 5. The minimum absolute atomic E-state index is 0.00385. The third-order valence-corrected chi connectivity index (χ3v) is 4.40. The number of hydrogen-bond acceptors (Lipinski definition) is 2. The van der Waals surface area contributed by atoms with E-state index in [-0.39, 0.29) is 17.7 Å². The molecule has 1 unspecified atom stereocenters. The molecule has 3 heteroatoms. The van der Waals surface area contributed by atoms with E-state index in [1.807, 2.05) is 65.6 Å². The fourth-order valence-electron chi connectivity index (χ4n) is 3.16. The molecule has 0 radical (unpaired) electrons. The van der Waals surface area contributed by atoms with Crippen molar-refractivity contribution in [2.45, 2.75) is 38.3 Å². The number of Topliss-reactive ketones (excluding diaryl/α,β-unsaturated/α-hetero) is 1. The minimum Gasteiger partial charge on any atom is -0.335 e. The minimum atomic E-state index is 0.00385. The molecule has 1 fully saturated rings. The van der Waals surface area contributed by atoms with Crippen molar-refractivity contribution >= 4 is 11.7 Å². The van der Waals surface area contributed by atoms with Crippen molar-refractivity contribution in [2.24, 2.45) is 0 Å². The number of amides is 1. The Hall–Kier alpha value is -2.42. The van der Waals surface area contributed by atoms with E-state index in [0.717, 1.165) is 24.0 Å². The Morgan fingerprint density at radius 3 is 2.35 bits per heavy atom. The molecule has 118 valence electrons. The molecule has 2 aromatic carbocycles. The van der Waals surface area contributed by atoms with E-state index in [1.54, 1.807) is 0 Å². The molecular formula is C20H21NO2. The summed E-state index contributed by atoms with van der Waals surface area (Å²) in [7, 11) is 0. The summed E-state index contributed by atoms with van der Waals surface area (Å²) in [6.45, 7) is 0.590. The van der Waals surface area contributed by atoms with Gasteiger partial charge in [0, 0.05) is 31.0 Å². The van der Waals surface area contributed by atoms with Gasteiger partial charge in [0.25, 0.3) is 0 Å². The normalized spacial score (nSPS) is 18.0.